The lowest BCUT2D eigenvalue weighted by Crippen LogP contribution is -2.50. The highest BCUT2D eigenvalue weighted by Gasteiger charge is 2.30. The normalized spacial score (nSPS) is 12.8. The number of carboxylic acid groups (broad SMARTS) is 1. The predicted octanol–water partition coefficient (Wildman–Crippen LogP) is 2.04. The summed E-state index contributed by atoms with van der Waals surface area (Å²) in [6, 6.07) is 3.22. The number of carbonyl (C=O) groups is 2. The molecule has 0 saturated heterocycles. The molecule has 0 saturated carbocycles. The van der Waals surface area contributed by atoms with E-state index in [-0.39, 0.29) is 13.0 Å². The Morgan fingerprint density at radius 3 is 2.44 bits per heavy atom. The molecule has 1 unspecified atom stereocenters. The first kappa shape index (κ1) is 20.5. The third kappa shape index (κ3) is 5.49. The molecule has 25 heavy (non-hydrogen) atoms. The summed E-state index contributed by atoms with van der Waals surface area (Å²) in [5, 5.41) is 11.8. The first-order chi connectivity index (χ1) is 11.8. The summed E-state index contributed by atoms with van der Waals surface area (Å²) in [7, 11) is 4.45. The highest BCUT2D eigenvalue weighted by Crippen LogP contribution is 2.33. The number of ether oxygens (including phenoxy) is 3. The molecule has 1 aromatic carbocycles. The number of hydrogen-bond acceptors (Lipinski definition) is 5. The van der Waals surface area contributed by atoms with Crippen molar-refractivity contribution in [2.45, 2.75) is 25.3 Å². The Morgan fingerprint density at radius 2 is 1.96 bits per heavy atom. The lowest BCUT2D eigenvalue weighted by molar-refractivity contribution is -0.139. The number of carboxylic acids is 1. The first-order valence-electron chi connectivity index (χ1n) is 7.69. The lowest BCUT2D eigenvalue weighted by Gasteiger charge is -2.28. The van der Waals surface area contributed by atoms with Crippen LogP contribution in [0.4, 0.5) is 0 Å². The Kier molecular flexibility index (Phi) is 7.44. The van der Waals surface area contributed by atoms with Gasteiger partial charge in [-0.05, 0) is 25.5 Å². The highest BCUT2D eigenvalue weighted by molar-refractivity contribution is 5.96. The van der Waals surface area contributed by atoms with Gasteiger partial charge in [-0.3, -0.25) is 9.59 Å². The number of aliphatic carboxylic acids is 1. The van der Waals surface area contributed by atoms with Gasteiger partial charge in [0.2, 0.25) is 0 Å². The SMILES string of the molecule is C=CCc1cc(C(=O)NC(C)(COC)CC(=O)O)cc(OC)c1OC. The van der Waals surface area contributed by atoms with E-state index in [1.54, 1.807) is 25.1 Å². The van der Waals surface area contributed by atoms with Crippen molar-refractivity contribution in [1.29, 1.82) is 0 Å². The lowest BCUT2D eigenvalue weighted by atomic mass is 9.97. The van der Waals surface area contributed by atoms with Gasteiger partial charge in [0.25, 0.3) is 5.91 Å². The number of methoxy groups -OCH3 is 3. The molecule has 0 spiro atoms. The molecule has 0 heterocycles. The van der Waals surface area contributed by atoms with E-state index in [9.17, 15) is 9.59 Å². The maximum Gasteiger partial charge on any atom is 0.305 e. The van der Waals surface area contributed by atoms with E-state index in [4.69, 9.17) is 19.3 Å². The van der Waals surface area contributed by atoms with Crippen molar-refractivity contribution in [3.8, 4) is 11.5 Å². The minimum atomic E-state index is -1.04. The number of amides is 1. The Morgan fingerprint density at radius 1 is 1.28 bits per heavy atom. The predicted molar refractivity (Wildman–Crippen MR) is 93.4 cm³/mol. The Bertz CT molecular complexity index is 643. The standard InChI is InChI=1S/C18H25NO6/c1-6-7-12-8-13(9-14(24-4)16(12)25-5)17(22)19-18(2,11-23-3)10-15(20)21/h6,8-9H,1,7,10-11H2,2-5H3,(H,19,22)(H,20,21). The number of rotatable bonds is 10. The van der Waals surface area contributed by atoms with Crippen molar-refractivity contribution in [3.05, 3.63) is 35.9 Å². The molecule has 0 aliphatic carbocycles. The van der Waals surface area contributed by atoms with E-state index in [2.05, 4.69) is 11.9 Å². The van der Waals surface area contributed by atoms with Crippen LogP contribution in [0.5, 0.6) is 11.5 Å². The second-order valence-electron chi connectivity index (χ2n) is 5.88. The van der Waals surface area contributed by atoms with E-state index in [0.717, 1.165) is 5.56 Å². The average molecular weight is 351 g/mol. The summed E-state index contributed by atoms with van der Waals surface area (Å²) in [5.41, 5.74) is 0.0413. The Balaban J connectivity index is 3.21. The molecular formula is C18H25NO6. The van der Waals surface area contributed by atoms with E-state index < -0.39 is 17.4 Å². The van der Waals surface area contributed by atoms with E-state index in [1.165, 1.54) is 21.3 Å². The molecule has 1 amide bonds. The Labute approximate surface area is 147 Å². The van der Waals surface area contributed by atoms with Gasteiger partial charge in [-0.15, -0.1) is 6.58 Å². The van der Waals surface area contributed by atoms with Crippen LogP contribution in [-0.2, 0) is 16.0 Å². The molecule has 7 heteroatoms. The van der Waals surface area contributed by atoms with Crippen LogP contribution >= 0.6 is 0 Å². The van der Waals surface area contributed by atoms with Gasteiger partial charge in [-0.25, -0.2) is 0 Å². The fourth-order valence-electron chi connectivity index (χ4n) is 2.61. The molecule has 7 nitrogen and oxygen atoms in total. The van der Waals surface area contributed by atoms with E-state index >= 15 is 0 Å². The first-order valence-corrected chi connectivity index (χ1v) is 7.69. The summed E-state index contributed by atoms with van der Waals surface area (Å²) in [6.45, 7) is 5.39. The molecule has 2 N–H and O–H groups in total. The fourth-order valence-corrected chi connectivity index (χ4v) is 2.61. The fraction of sp³-hybridized carbons (Fsp3) is 0.444. The van der Waals surface area contributed by atoms with Crippen molar-refractivity contribution >= 4 is 11.9 Å². The van der Waals surface area contributed by atoms with Gasteiger partial charge in [0, 0.05) is 18.2 Å². The number of nitrogens with one attached hydrogen (secondary N) is 1. The van der Waals surface area contributed by atoms with Crippen LogP contribution in [0.1, 0.15) is 29.3 Å². The van der Waals surface area contributed by atoms with E-state index in [1.807, 2.05) is 0 Å². The second kappa shape index (κ2) is 9.08. The van der Waals surface area contributed by atoms with Gasteiger partial charge in [0.15, 0.2) is 11.5 Å². The summed E-state index contributed by atoms with van der Waals surface area (Å²) in [4.78, 5) is 23.7. The van der Waals surface area contributed by atoms with Crippen LogP contribution in [0.25, 0.3) is 0 Å². The third-order valence-corrected chi connectivity index (χ3v) is 3.60. The van der Waals surface area contributed by atoms with Crippen molar-refractivity contribution in [2.24, 2.45) is 0 Å². The van der Waals surface area contributed by atoms with Crippen molar-refractivity contribution in [1.82, 2.24) is 5.32 Å². The molecule has 1 rings (SSSR count). The number of allylic oxidation sites excluding steroid dienone is 1. The highest BCUT2D eigenvalue weighted by atomic mass is 16.5. The summed E-state index contributed by atoms with van der Waals surface area (Å²) < 4.78 is 15.7. The number of benzene rings is 1. The van der Waals surface area contributed by atoms with Gasteiger partial charge in [-0.2, -0.15) is 0 Å². The van der Waals surface area contributed by atoms with Gasteiger partial charge in [0.05, 0.1) is 32.8 Å². The average Bonchev–Trinajstić information content (AvgIpc) is 2.53. The zero-order valence-electron chi connectivity index (χ0n) is 15.0. The van der Waals surface area contributed by atoms with Crippen molar-refractivity contribution in [2.75, 3.05) is 27.9 Å². The van der Waals surface area contributed by atoms with Crippen LogP contribution in [-0.4, -0.2) is 50.5 Å². The quantitative estimate of drug-likeness (QED) is 0.627. The summed E-state index contributed by atoms with van der Waals surface area (Å²) in [6.07, 6.45) is 1.92. The zero-order chi connectivity index (χ0) is 19.0. The second-order valence-corrected chi connectivity index (χ2v) is 5.88. The van der Waals surface area contributed by atoms with E-state index in [0.29, 0.717) is 23.5 Å². The molecule has 0 fully saturated rings. The minimum absolute atomic E-state index is 0.0673. The van der Waals surface area contributed by atoms with Gasteiger partial charge in [-0.1, -0.05) is 6.08 Å². The molecule has 0 bridgehead atoms. The summed E-state index contributed by atoms with van der Waals surface area (Å²) >= 11 is 0. The largest absolute Gasteiger partial charge is 0.493 e. The van der Waals surface area contributed by atoms with Crippen LogP contribution < -0.4 is 14.8 Å². The molecular weight excluding hydrogens is 326 g/mol. The smallest absolute Gasteiger partial charge is 0.305 e. The molecule has 0 aliphatic heterocycles. The van der Waals surface area contributed by atoms with Crippen LogP contribution in [0.15, 0.2) is 24.8 Å². The molecule has 0 aromatic heterocycles. The topological polar surface area (TPSA) is 94.1 Å². The maximum atomic E-state index is 12.7. The molecule has 0 radical (unpaired) electrons. The van der Waals surface area contributed by atoms with Crippen LogP contribution in [0.3, 0.4) is 0 Å². The Hall–Kier alpha value is -2.54. The molecule has 1 atom stereocenters. The monoisotopic (exact) mass is 351 g/mol. The van der Waals surface area contributed by atoms with Crippen LogP contribution in [0.2, 0.25) is 0 Å². The van der Waals surface area contributed by atoms with Crippen molar-refractivity contribution in [3.63, 3.8) is 0 Å². The zero-order valence-corrected chi connectivity index (χ0v) is 15.0. The van der Waals surface area contributed by atoms with Gasteiger partial charge < -0.3 is 24.6 Å². The number of carbonyl (C=O) groups excluding carboxylic acids is 1. The van der Waals surface area contributed by atoms with Crippen LogP contribution in [0, 0.1) is 0 Å². The van der Waals surface area contributed by atoms with Gasteiger partial charge in [0.1, 0.15) is 0 Å². The maximum absolute atomic E-state index is 12.7. The van der Waals surface area contributed by atoms with Crippen molar-refractivity contribution < 1.29 is 28.9 Å². The van der Waals surface area contributed by atoms with Gasteiger partial charge >= 0.3 is 5.97 Å². The third-order valence-electron chi connectivity index (χ3n) is 3.60. The summed E-state index contributed by atoms with van der Waals surface area (Å²) in [5.74, 6) is -0.505. The number of hydrogen-bond donors (Lipinski definition) is 2. The molecule has 1 aromatic rings. The molecule has 0 aliphatic rings. The molecule has 138 valence electrons. The minimum Gasteiger partial charge on any atom is -0.493 e.